The van der Waals surface area contributed by atoms with Gasteiger partial charge < -0.3 is 9.47 Å². The van der Waals surface area contributed by atoms with Gasteiger partial charge in [0.2, 0.25) is 5.91 Å². The zero-order valence-corrected chi connectivity index (χ0v) is 16.8. The summed E-state index contributed by atoms with van der Waals surface area (Å²) >= 11 is 0. The Balaban J connectivity index is 1.34. The molecular formula is C22H26N6O. The molecule has 7 heteroatoms. The number of pyridine rings is 1. The van der Waals surface area contributed by atoms with Gasteiger partial charge in [-0.05, 0) is 37.1 Å². The molecule has 2 aromatic heterocycles. The third-order valence-electron chi connectivity index (χ3n) is 6.23. The van der Waals surface area contributed by atoms with Crippen molar-refractivity contribution in [3.05, 3.63) is 53.7 Å². The molecule has 0 spiro atoms. The van der Waals surface area contributed by atoms with Gasteiger partial charge in [0, 0.05) is 50.6 Å². The first kappa shape index (κ1) is 18.2. The molecular weight excluding hydrogens is 364 g/mol. The smallest absolute Gasteiger partial charge is 0.219 e. The molecule has 0 unspecified atom stereocenters. The highest BCUT2D eigenvalue weighted by molar-refractivity contribution is 5.81. The second-order valence-corrected chi connectivity index (χ2v) is 8.13. The van der Waals surface area contributed by atoms with Crippen molar-refractivity contribution in [3.8, 4) is 0 Å². The Hall–Kier alpha value is -2.80. The van der Waals surface area contributed by atoms with Gasteiger partial charge in [-0.1, -0.05) is 18.2 Å². The van der Waals surface area contributed by atoms with Crippen LogP contribution in [-0.2, 0) is 24.4 Å². The first-order valence-corrected chi connectivity index (χ1v) is 10.4. The number of hydrogen-bond donors (Lipinski definition) is 0. The largest absolute Gasteiger partial charge is 0.334 e. The summed E-state index contributed by atoms with van der Waals surface area (Å²) in [6, 6.07) is 10.5. The van der Waals surface area contributed by atoms with E-state index in [0.29, 0.717) is 12.5 Å². The molecule has 1 saturated heterocycles. The van der Waals surface area contributed by atoms with Gasteiger partial charge in [0.05, 0.1) is 12.1 Å². The molecule has 150 valence electrons. The normalized spacial score (nSPS) is 20.0. The zero-order chi connectivity index (χ0) is 19.8. The number of rotatable bonds is 3. The van der Waals surface area contributed by atoms with Crippen LogP contribution in [0.25, 0.3) is 10.9 Å². The van der Waals surface area contributed by atoms with E-state index in [1.807, 2.05) is 17.2 Å². The molecule has 0 saturated carbocycles. The summed E-state index contributed by atoms with van der Waals surface area (Å²) in [5.41, 5.74) is 2.39. The highest BCUT2D eigenvalue weighted by atomic mass is 16.2. The first-order chi connectivity index (χ1) is 14.2. The highest BCUT2D eigenvalue weighted by Crippen LogP contribution is 2.29. The lowest BCUT2D eigenvalue weighted by atomic mass is 9.96. The fourth-order valence-electron chi connectivity index (χ4n) is 4.69. The fourth-order valence-corrected chi connectivity index (χ4v) is 4.69. The third kappa shape index (κ3) is 3.51. The molecule has 29 heavy (non-hydrogen) atoms. The number of amides is 1. The maximum absolute atomic E-state index is 11.7. The van der Waals surface area contributed by atoms with Gasteiger partial charge in [-0.15, -0.1) is 10.2 Å². The molecule has 3 aromatic rings. The Morgan fingerprint density at radius 3 is 2.93 bits per heavy atom. The molecule has 4 heterocycles. The number of carbonyl (C=O) groups excluding carboxylic acids is 1. The van der Waals surface area contributed by atoms with Crippen molar-refractivity contribution in [1.82, 2.24) is 29.5 Å². The van der Waals surface area contributed by atoms with Crippen molar-refractivity contribution < 1.29 is 4.79 Å². The van der Waals surface area contributed by atoms with E-state index in [1.54, 1.807) is 6.92 Å². The summed E-state index contributed by atoms with van der Waals surface area (Å²) in [5.74, 6) is 2.50. The Bertz CT molecular complexity index is 1040. The molecule has 1 aromatic carbocycles. The fraction of sp³-hybridized carbons (Fsp3) is 0.455. The van der Waals surface area contributed by atoms with Crippen LogP contribution in [0.2, 0.25) is 0 Å². The van der Waals surface area contributed by atoms with Gasteiger partial charge in [0.1, 0.15) is 5.82 Å². The van der Waals surface area contributed by atoms with E-state index >= 15 is 0 Å². The molecule has 0 radical (unpaired) electrons. The maximum Gasteiger partial charge on any atom is 0.219 e. The summed E-state index contributed by atoms with van der Waals surface area (Å²) in [4.78, 5) is 20.5. The lowest BCUT2D eigenvalue weighted by Gasteiger charge is -2.33. The highest BCUT2D eigenvalue weighted by Gasteiger charge is 2.29. The van der Waals surface area contributed by atoms with Crippen LogP contribution in [0.3, 0.4) is 0 Å². The van der Waals surface area contributed by atoms with Crippen LogP contribution < -0.4 is 0 Å². The minimum atomic E-state index is 0.106. The van der Waals surface area contributed by atoms with Crippen molar-refractivity contribution in [2.24, 2.45) is 0 Å². The van der Waals surface area contributed by atoms with E-state index in [2.05, 4.69) is 48.9 Å². The van der Waals surface area contributed by atoms with Gasteiger partial charge in [0.25, 0.3) is 0 Å². The van der Waals surface area contributed by atoms with Crippen LogP contribution >= 0.6 is 0 Å². The lowest BCUT2D eigenvalue weighted by Crippen LogP contribution is -2.39. The molecule has 0 bridgehead atoms. The van der Waals surface area contributed by atoms with Crippen LogP contribution in [0.15, 0.2) is 36.5 Å². The quantitative estimate of drug-likeness (QED) is 0.688. The summed E-state index contributed by atoms with van der Waals surface area (Å²) < 4.78 is 2.25. The number of benzene rings is 1. The minimum Gasteiger partial charge on any atom is -0.334 e. The standard InChI is InChI=1S/C22H26N6O/c1-16(29)27-11-12-28-21(15-27)24-25-22(28)18-5-4-10-26(14-18)13-17-8-9-23-20-7-3-2-6-19(17)20/h2-3,6-9,18H,4-5,10-15H2,1H3/t18-/m1/s1. The van der Waals surface area contributed by atoms with E-state index in [4.69, 9.17) is 0 Å². The van der Waals surface area contributed by atoms with E-state index in [-0.39, 0.29) is 5.91 Å². The SMILES string of the molecule is CC(=O)N1CCn2c(nnc2[C@@H]2CCCN(Cc3ccnc4ccccc34)C2)C1. The average Bonchev–Trinajstić information content (AvgIpc) is 3.17. The zero-order valence-electron chi connectivity index (χ0n) is 16.8. The monoisotopic (exact) mass is 390 g/mol. The predicted octanol–water partition coefficient (Wildman–Crippen LogP) is 2.57. The van der Waals surface area contributed by atoms with Gasteiger partial charge in [0.15, 0.2) is 5.82 Å². The number of carbonyl (C=O) groups is 1. The molecule has 1 fully saturated rings. The van der Waals surface area contributed by atoms with Crippen molar-refractivity contribution in [1.29, 1.82) is 0 Å². The lowest BCUT2D eigenvalue weighted by molar-refractivity contribution is -0.130. The van der Waals surface area contributed by atoms with Gasteiger partial charge >= 0.3 is 0 Å². The van der Waals surface area contributed by atoms with E-state index in [0.717, 1.165) is 62.7 Å². The molecule has 1 atom stereocenters. The number of nitrogens with zero attached hydrogens (tertiary/aromatic N) is 6. The van der Waals surface area contributed by atoms with Crippen LogP contribution in [0.1, 0.15) is 42.9 Å². The van der Waals surface area contributed by atoms with Crippen LogP contribution in [0, 0.1) is 0 Å². The number of fused-ring (bicyclic) bond motifs is 2. The van der Waals surface area contributed by atoms with Crippen molar-refractivity contribution in [2.75, 3.05) is 19.6 Å². The number of aromatic nitrogens is 4. The maximum atomic E-state index is 11.7. The van der Waals surface area contributed by atoms with Crippen molar-refractivity contribution >= 4 is 16.8 Å². The van der Waals surface area contributed by atoms with E-state index < -0.39 is 0 Å². The minimum absolute atomic E-state index is 0.106. The Labute approximate surface area is 170 Å². The summed E-state index contributed by atoms with van der Waals surface area (Å²) in [5, 5.41) is 10.2. The average molecular weight is 390 g/mol. The van der Waals surface area contributed by atoms with Crippen molar-refractivity contribution in [3.63, 3.8) is 0 Å². The second kappa shape index (κ2) is 7.55. The molecule has 2 aliphatic heterocycles. The molecule has 2 aliphatic rings. The number of piperidine rings is 1. The van der Waals surface area contributed by atoms with Crippen LogP contribution in [-0.4, -0.2) is 55.1 Å². The van der Waals surface area contributed by atoms with Crippen molar-refractivity contribution in [2.45, 2.75) is 45.3 Å². The Morgan fingerprint density at radius 1 is 1.14 bits per heavy atom. The Morgan fingerprint density at radius 2 is 2.03 bits per heavy atom. The number of likely N-dealkylation sites (tertiary alicyclic amines) is 1. The molecule has 0 N–H and O–H groups in total. The molecule has 7 nitrogen and oxygen atoms in total. The Kier molecular flexibility index (Phi) is 4.75. The molecule has 1 amide bonds. The summed E-state index contributed by atoms with van der Waals surface area (Å²) in [7, 11) is 0. The summed E-state index contributed by atoms with van der Waals surface area (Å²) in [6.45, 7) is 6.75. The van der Waals surface area contributed by atoms with E-state index in [9.17, 15) is 4.79 Å². The first-order valence-electron chi connectivity index (χ1n) is 10.4. The van der Waals surface area contributed by atoms with Gasteiger partial charge in [-0.25, -0.2) is 0 Å². The number of hydrogen-bond acceptors (Lipinski definition) is 5. The van der Waals surface area contributed by atoms with Crippen LogP contribution in [0.5, 0.6) is 0 Å². The van der Waals surface area contributed by atoms with E-state index in [1.165, 1.54) is 10.9 Å². The summed E-state index contributed by atoms with van der Waals surface area (Å²) in [6.07, 6.45) is 4.21. The van der Waals surface area contributed by atoms with Gasteiger partial charge in [-0.3, -0.25) is 14.7 Å². The molecule has 0 aliphatic carbocycles. The van der Waals surface area contributed by atoms with Crippen LogP contribution in [0.4, 0.5) is 0 Å². The second-order valence-electron chi connectivity index (χ2n) is 8.13. The molecule has 5 rings (SSSR count). The predicted molar refractivity (Wildman–Crippen MR) is 110 cm³/mol. The van der Waals surface area contributed by atoms with Gasteiger partial charge in [-0.2, -0.15) is 0 Å². The third-order valence-corrected chi connectivity index (χ3v) is 6.23. The topological polar surface area (TPSA) is 67.2 Å². The number of para-hydroxylation sites is 1.